The molecule has 0 amide bonds. The fourth-order valence-corrected chi connectivity index (χ4v) is 1.02. The topological polar surface area (TPSA) is 74.4 Å². The molecule has 0 aliphatic carbocycles. The molecular formula is C9H9F3N2O3. The Hall–Kier alpha value is -1.99. The lowest BCUT2D eigenvalue weighted by molar-refractivity contribution is -0.274. The van der Waals surface area contributed by atoms with E-state index in [4.69, 9.17) is 5.73 Å². The van der Waals surface area contributed by atoms with Crippen LogP contribution in [0.1, 0.15) is 17.3 Å². The molecule has 0 bridgehead atoms. The summed E-state index contributed by atoms with van der Waals surface area (Å²) < 4.78 is 44.0. The van der Waals surface area contributed by atoms with Gasteiger partial charge in [0.25, 0.3) is 0 Å². The number of halogens is 3. The molecule has 0 unspecified atom stereocenters. The minimum atomic E-state index is -4.86. The van der Waals surface area contributed by atoms with Crippen LogP contribution < -0.4 is 10.5 Å². The predicted molar refractivity (Wildman–Crippen MR) is 51.3 cm³/mol. The molecular weight excluding hydrogens is 241 g/mol. The van der Waals surface area contributed by atoms with E-state index in [1.165, 1.54) is 0 Å². The number of hydrogen-bond acceptors (Lipinski definition) is 5. The van der Waals surface area contributed by atoms with Gasteiger partial charge in [-0.2, -0.15) is 0 Å². The molecule has 0 spiro atoms. The maximum absolute atomic E-state index is 11.9. The van der Waals surface area contributed by atoms with Crippen molar-refractivity contribution < 1.29 is 27.4 Å². The van der Waals surface area contributed by atoms with Crippen molar-refractivity contribution in [1.82, 2.24) is 4.98 Å². The summed E-state index contributed by atoms with van der Waals surface area (Å²) in [6, 6.07) is 0.827. The van der Waals surface area contributed by atoms with Gasteiger partial charge in [0.2, 0.25) is 0 Å². The zero-order valence-electron chi connectivity index (χ0n) is 8.75. The molecule has 0 saturated heterocycles. The summed E-state index contributed by atoms with van der Waals surface area (Å²) in [5, 5.41) is 0. The Morgan fingerprint density at radius 2 is 2.18 bits per heavy atom. The second-order valence-corrected chi connectivity index (χ2v) is 2.87. The fourth-order valence-electron chi connectivity index (χ4n) is 1.02. The minimum absolute atomic E-state index is 0.0721. The molecule has 1 heterocycles. The molecule has 17 heavy (non-hydrogen) atoms. The van der Waals surface area contributed by atoms with Gasteiger partial charge >= 0.3 is 12.3 Å². The number of hydrogen-bond donors (Lipinski definition) is 1. The Balaban J connectivity index is 2.98. The monoisotopic (exact) mass is 250 g/mol. The van der Waals surface area contributed by atoms with E-state index >= 15 is 0 Å². The average Bonchev–Trinajstić information content (AvgIpc) is 2.19. The number of carbonyl (C=O) groups is 1. The van der Waals surface area contributed by atoms with Crippen molar-refractivity contribution in [3.8, 4) is 5.75 Å². The van der Waals surface area contributed by atoms with Gasteiger partial charge in [-0.05, 0) is 6.92 Å². The fraction of sp³-hybridized carbons (Fsp3) is 0.333. The normalized spacial score (nSPS) is 11.1. The van der Waals surface area contributed by atoms with E-state index in [9.17, 15) is 18.0 Å². The van der Waals surface area contributed by atoms with Crippen molar-refractivity contribution in [2.75, 3.05) is 12.3 Å². The first-order valence-corrected chi connectivity index (χ1v) is 4.52. The van der Waals surface area contributed by atoms with E-state index in [0.29, 0.717) is 0 Å². The second-order valence-electron chi connectivity index (χ2n) is 2.87. The maximum atomic E-state index is 11.9. The summed E-state index contributed by atoms with van der Waals surface area (Å²) in [7, 11) is 0. The van der Waals surface area contributed by atoms with Crippen LogP contribution in [0.3, 0.4) is 0 Å². The Labute approximate surface area is 94.3 Å². The van der Waals surface area contributed by atoms with Gasteiger partial charge in [0, 0.05) is 6.07 Å². The van der Waals surface area contributed by atoms with Gasteiger partial charge in [0.15, 0.2) is 0 Å². The number of carbonyl (C=O) groups excluding carboxylic acids is 1. The lowest BCUT2D eigenvalue weighted by atomic mass is 10.2. The van der Waals surface area contributed by atoms with Crippen LogP contribution in [-0.4, -0.2) is 23.9 Å². The lowest BCUT2D eigenvalue weighted by Crippen LogP contribution is -2.18. The van der Waals surface area contributed by atoms with Crippen LogP contribution >= 0.6 is 0 Å². The first kappa shape index (κ1) is 13.1. The highest BCUT2D eigenvalue weighted by Crippen LogP contribution is 2.24. The number of aromatic nitrogens is 1. The van der Waals surface area contributed by atoms with E-state index in [1.807, 2.05) is 0 Å². The molecule has 0 aromatic carbocycles. The number of esters is 1. The van der Waals surface area contributed by atoms with Crippen molar-refractivity contribution in [2.24, 2.45) is 0 Å². The third-order valence-corrected chi connectivity index (χ3v) is 1.62. The van der Waals surface area contributed by atoms with Gasteiger partial charge in [0.1, 0.15) is 17.1 Å². The van der Waals surface area contributed by atoms with Crippen LogP contribution in [0.4, 0.5) is 19.0 Å². The summed E-state index contributed by atoms with van der Waals surface area (Å²) >= 11 is 0. The molecule has 0 saturated carbocycles. The molecule has 0 atom stereocenters. The van der Waals surface area contributed by atoms with E-state index in [0.717, 1.165) is 12.3 Å². The largest absolute Gasteiger partial charge is 0.573 e. The first-order chi connectivity index (χ1) is 7.83. The smallest absolute Gasteiger partial charge is 0.462 e. The van der Waals surface area contributed by atoms with Crippen LogP contribution in [0, 0.1) is 0 Å². The van der Waals surface area contributed by atoms with Gasteiger partial charge < -0.3 is 15.2 Å². The van der Waals surface area contributed by atoms with Gasteiger partial charge in [-0.3, -0.25) is 0 Å². The Kier molecular flexibility index (Phi) is 3.77. The van der Waals surface area contributed by atoms with Crippen molar-refractivity contribution in [2.45, 2.75) is 13.3 Å². The number of nitrogen functional groups attached to an aromatic ring is 1. The summed E-state index contributed by atoms with van der Waals surface area (Å²) in [4.78, 5) is 14.7. The number of rotatable bonds is 3. The minimum Gasteiger partial charge on any atom is -0.462 e. The van der Waals surface area contributed by atoms with Gasteiger partial charge in [-0.25, -0.2) is 9.78 Å². The molecule has 94 valence electrons. The lowest BCUT2D eigenvalue weighted by Gasteiger charge is -2.10. The van der Waals surface area contributed by atoms with Crippen molar-refractivity contribution >= 4 is 11.8 Å². The van der Waals surface area contributed by atoms with E-state index in [-0.39, 0.29) is 18.0 Å². The third kappa shape index (κ3) is 3.82. The highest BCUT2D eigenvalue weighted by Gasteiger charge is 2.31. The van der Waals surface area contributed by atoms with Crippen molar-refractivity contribution in [3.05, 3.63) is 17.8 Å². The van der Waals surface area contributed by atoms with Crippen LogP contribution in [-0.2, 0) is 4.74 Å². The molecule has 0 aliphatic rings. The summed E-state index contributed by atoms with van der Waals surface area (Å²) in [5.41, 5.74) is 5.07. The third-order valence-electron chi connectivity index (χ3n) is 1.62. The summed E-state index contributed by atoms with van der Waals surface area (Å²) in [5.74, 6) is -1.71. The Morgan fingerprint density at radius 3 is 2.71 bits per heavy atom. The number of anilines is 1. The molecule has 0 fully saturated rings. The standard InChI is InChI=1S/C9H9F3N2O3/c1-2-16-8(15)6-3-5(4-14-7(6)13)17-9(10,11)12/h3-4H,2H2,1H3,(H2,13,14). The molecule has 2 N–H and O–H groups in total. The van der Waals surface area contributed by atoms with Gasteiger partial charge in [-0.15, -0.1) is 13.2 Å². The molecule has 8 heteroatoms. The van der Waals surface area contributed by atoms with Crippen molar-refractivity contribution in [3.63, 3.8) is 0 Å². The number of nitrogens with zero attached hydrogens (tertiary/aromatic N) is 1. The summed E-state index contributed by atoms with van der Waals surface area (Å²) in [6.45, 7) is 1.63. The zero-order valence-corrected chi connectivity index (χ0v) is 8.75. The van der Waals surface area contributed by atoms with Gasteiger partial charge in [-0.1, -0.05) is 0 Å². The first-order valence-electron chi connectivity index (χ1n) is 4.52. The van der Waals surface area contributed by atoms with Crippen LogP contribution in [0.5, 0.6) is 5.75 Å². The van der Waals surface area contributed by atoms with Crippen molar-refractivity contribution in [1.29, 1.82) is 0 Å². The highest BCUT2D eigenvalue weighted by molar-refractivity contribution is 5.94. The molecule has 1 aromatic heterocycles. The van der Waals surface area contributed by atoms with E-state index < -0.39 is 18.1 Å². The SMILES string of the molecule is CCOC(=O)c1cc(OC(F)(F)F)cnc1N. The van der Waals surface area contributed by atoms with E-state index in [2.05, 4.69) is 14.5 Å². The number of ether oxygens (including phenoxy) is 2. The molecule has 1 rings (SSSR count). The molecule has 1 aromatic rings. The average molecular weight is 250 g/mol. The maximum Gasteiger partial charge on any atom is 0.573 e. The number of nitrogens with two attached hydrogens (primary N) is 1. The molecule has 0 aliphatic heterocycles. The predicted octanol–water partition coefficient (Wildman–Crippen LogP) is 1.74. The van der Waals surface area contributed by atoms with Crippen LogP contribution in [0.2, 0.25) is 0 Å². The number of alkyl halides is 3. The highest BCUT2D eigenvalue weighted by atomic mass is 19.4. The quantitative estimate of drug-likeness (QED) is 0.827. The molecule has 5 nitrogen and oxygen atoms in total. The number of pyridine rings is 1. The van der Waals surface area contributed by atoms with Crippen LogP contribution in [0.25, 0.3) is 0 Å². The summed E-state index contributed by atoms with van der Waals surface area (Å²) in [6.07, 6.45) is -4.09. The van der Waals surface area contributed by atoms with Crippen LogP contribution in [0.15, 0.2) is 12.3 Å². The van der Waals surface area contributed by atoms with Gasteiger partial charge in [0.05, 0.1) is 12.8 Å². The van der Waals surface area contributed by atoms with E-state index in [1.54, 1.807) is 6.92 Å². The molecule has 0 radical (unpaired) electrons. The Morgan fingerprint density at radius 1 is 1.53 bits per heavy atom. The zero-order chi connectivity index (χ0) is 13.1. The Bertz CT molecular complexity index is 420. The second kappa shape index (κ2) is 4.89.